The molecule has 21 heavy (non-hydrogen) atoms. The van der Waals surface area contributed by atoms with Crippen molar-refractivity contribution >= 4 is 11.6 Å². The summed E-state index contributed by atoms with van der Waals surface area (Å²) in [5.41, 5.74) is 0.677. The standard InChI is InChI=1S/C17H24N2O2/c20-16-8-4-5-14(11-16)18-17(21)13-9-10-19(12-13)15-6-2-1-3-7-15/h4-5,8,11,13,15,20H,1-3,6-7,9-10,12H2,(H,18,21). The highest BCUT2D eigenvalue weighted by molar-refractivity contribution is 5.93. The first kappa shape index (κ1) is 14.4. The molecule has 1 aromatic carbocycles. The van der Waals surface area contributed by atoms with Gasteiger partial charge >= 0.3 is 0 Å². The molecule has 114 valence electrons. The molecular weight excluding hydrogens is 264 g/mol. The van der Waals surface area contributed by atoms with Gasteiger partial charge in [-0.3, -0.25) is 9.69 Å². The highest BCUT2D eigenvalue weighted by atomic mass is 16.3. The molecule has 1 amide bonds. The van der Waals surface area contributed by atoms with Crippen LogP contribution in [-0.2, 0) is 4.79 Å². The van der Waals surface area contributed by atoms with E-state index < -0.39 is 0 Å². The van der Waals surface area contributed by atoms with E-state index in [1.165, 1.54) is 32.1 Å². The van der Waals surface area contributed by atoms with Gasteiger partial charge in [-0.2, -0.15) is 0 Å². The van der Waals surface area contributed by atoms with Gasteiger partial charge in [0.2, 0.25) is 5.91 Å². The minimum Gasteiger partial charge on any atom is -0.508 e. The number of phenolic OH excluding ortho intramolecular Hbond substituents is 1. The SMILES string of the molecule is O=C(Nc1cccc(O)c1)C1CCN(C2CCCCC2)C1. The van der Waals surface area contributed by atoms with Crippen molar-refractivity contribution < 1.29 is 9.90 Å². The van der Waals surface area contributed by atoms with Crippen LogP contribution in [0.5, 0.6) is 5.75 Å². The number of hydrogen-bond donors (Lipinski definition) is 2. The van der Waals surface area contributed by atoms with Crippen LogP contribution in [0, 0.1) is 5.92 Å². The molecule has 0 aromatic heterocycles. The molecule has 2 N–H and O–H groups in total. The lowest BCUT2D eigenvalue weighted by molar-refractivity contribution is -0.119. The van der Waals surface area contributed by atoms with Crippen LogP contribution in [0.15, 0.2) is 24.3 Å². The minimum absolute atomic E-state index is 0.0780. The Bertz CT molecular complexity index is 497. The molecule has 4 nitrogen and oxygen atoms in total. The second-order valence-corrected chi connectivity index (χ2v) is 6.31. The summed E-state index contributed by atoms with van der Waals surface area (Å²) in [5.74, 6) is 0.344. The van der Waals surface area contributed by atoms with Gasteiger partial charge < -0.3 is 10.4 Å². The number of amides is 1. The van der Waals surface area contributed by atoms with Crippen molar-refractivity contribution in [3.63, 3.8) is 0 Å². The molecule has 2 aliphatic rings. The molecular formula is C17H24N2O2. The summed E-state index contributed by atoms with van der Waals surface area (Å²) in [4.78, 5) is 14.8. The third kappa shape index (κ3) is 3.56. The molecule has 0 spiro atoms. The molecule has 1 saturated carbocycles. The maximum Gasteiger partial charge on any atom is 0.228 e. The van der Waals surface area contributed by atoms with Crippen LogP contribution in [0.1, 0.15) is 38.5 Å². The maximum absolute atomic E-state index is 12.3. The fourth-order valence-corrected chi connectivity index (χ4v) is 3.61. The predicted molar refractivity (Wildman–Crippen MR) is 83.3 cm³/mol. The average molecular weight is 288 g/mol. The Kier molecular flexibility index (Phi) is 4.44. The first-order valence-electron chi connectivity index (χ1n) is 8.06. The van der Waals surface area contributed by atoms with Crippen molar-refractivity contribution in [2.75, 3.05) is 18.4 Å². The second-order valence-electron chi connectivity index (χ2n) is 6.31. The quantitative estimate of drug-likeness (QED) is 0.899. The smallest absolute Gasteiger partial charge is 0.228 e. The largest absolute Gasteiger partial charge is 0.508 e. The van der Waals surface area contributed by atoms with E-state index in [1.807, 2.05) is 6.07 Å². The van der Waals surface area contributed by atoms with Gasteiger partial charge in [0.25, 0.3) is 0 Å². The number of hydrogen-bond acceptors (Lipinski definition) is 3. The number of rotatable bonds is 3. The number of nitrogens with one attached hydrogen (secondary N) is 1. The Hall–Kier alpha value is -1.55. The van der Waals surface area contributed by atoms with Gasteiger partial charge in [-0.25, -0.2) is 0 Å². The van der Waals surface area contributed by atoms with E-state index >= 15 is 0 Å². The Morgan fingerprint density at radius 2 is 2.00 bits per heavy atom. The topological polar surface area (TPSA) is 52.6 Å². The summed E-state index contributed by atoms with van der Waals surface area (Å²) < 4.78 is 0. The molecule has 0 radical (unpaired) electrons. The number of benzene rings is 1. The van der Waals surface area contributed by atoms with Gasteiger partial charge in [0.15, 0.2) is 0 Å². The predicted octanol–water partition coefficient (Wildman–Crippen LogP) is 2.99. The Morgan fingerprint density at radius 3 is 2.76 bits per heavy atom. The summed E-state index contributed by atoms with van der Waals surface area (Å²) >= 11 is 0. The second kappa shape index (κ2) is 6.48. The molecule has 1 saturated heterocycles. The maximum atomic E-state index is 12.3. The van der Waals surface area contributed by atoms with Gasteiger partial charge in [-0.05, 0) is 37.9 Å². The lowest BCUT2D eigenvalue weighted by Gasteiger charge is -2.30. The van der Waals surface area contributed by atoms with E-state index in [4.69, 9.17) is 0 Å². The summed E-state index contributed by atoms with van der Waals surface area (Å²) in [5, 5.41) is 12.4. The fourth-order valence-electron chi connectivity index (χ4n) is 3.61. The highest BCUT2D eigenvalue weighted by Crippen LogP contribution is 2.28. The lowest BCUT2D eigenvalue weighted by Crippen LogP contribution is -2.36. The highest BCUT2D eigenvalue weighted by Gasteiger charge is 2.32. The third-order valence-corrected chi connectivity index (χ3v) is 4.80. The Balaban J connectivity index is 1.54. The third-order valence-electron chi connectivity index (χ3n) is 4.80. The van der Waals surface area contributed by atoms with E-state index in [0.29, 0.717) is 11.7 Å². The lowest BCUT2D eigenvalue weighted by atomic mass is 9.94. The summed E-state index contributed by atoms with van der Waals surface area (Å²) in [7, 11) is 0. The van der Waals surface area contributed by atoms with Crippen LogP contribution in [0.4, 0.5) is 5.69 Å². The minimum atomic E-state index is 0.0780. The van der Waals surface area contributed by atoms with Crippen molar-refractivity contribution in [3.8, 4) is 5.75 Å². The van der Waals surface area contributed by atoms with Crippen LogP contribution >= 0.6 is 0 Å². The van der Waals surface area contributed by atoms with Crippen LogP contribution < -0.4 is 5.32 Å². The molecule has 1 unspecified atom stereocenters. The molecule has 3 rings (SSSR count). The van der Waals surface area contributed by atoms with E-state index in [-0.39, 0.29) is 17.6 Å². The number of phenols is 1. The number of aromatic hydroxyl groups is 1. The van der Waals surface area contributed by atoms with Crippen molar-refractivity contribution in [1.82, 2.24) is 4.90 Å². The van der Waals surface area contributed by atoms with Gasteiger partial charge in [0, 0.05) is 24.3 Å². The molecule has 1 aliphatic heterocycles. The van der Waals surface area contributed by atoms with Gasteiger partial charge in [-0.15, -0.1) is 0 Å². The molecule has 1 aromatic rings. The van der Waals surface area contributed by atoms with Crippen LogP contribution in [0.3, 0.4) is 0 Å². The molecule has 1 aliphatic carbocycles. The Morgan fingerprint density at radius 1 is 1.19 bits per heavy atom. The van der Waals surface area contributed by atoms with E-state index in [9.17, 15) is 9.90 Å². The van der Waals surface area contributed by atoms with Crippen LogP contribution in [0.2, 0.25) is 0 Å². The molecule has 1 atom stereocenters. The zero-order valence-corrected chi connectivity index (χ0v) is 12.4. The summed E-state index contributed by atoms with van der Waals surface area (Å²) in [6.07, 6.45) is 7.57. The number of anilines is 1. The van der Waals surface area contributed by atoms with Crippen LogP contribution in [0.25, 0.3) is 0 Å². The zero-order chi connectivity index (χ0) is 14.7. The molecule has 2 fully saturated rings. The van der Waals surface area contributed by atoms with E-state index in [1.54, 1.807) is 18.2 Å². The Labute approximate surface area is 126 Å². The van der Waals surface area contributed by atoms with Gasteiger partial charge in [0.1, 0.15) is 5.75 Å². The van der Waals surface area contributed by atoms with Gasteiger partial charge in [0.05, 0.1) is 5.92 Å². The van der Waals surface area contributed by atoms with Crippen molar-refractivity contribution in [1.29, 1.82) is 0 Å². The van der Waals surface area contributed by atoms with Crippen LogP contribution in [-0.4, -0.2) is 35.0 Å². The van der Waals surface area contributed by atoms with Crippen molar-refractivity contribution in [2.45, 2.75) is 44.6 Å². The molecule has 1 heterocycles. The number of likely N-dealkylation sites (tertiary alicyclic amines) is 1. The van der Waals surface area contributed by atoms with E-state index in [0.717, 1.165) is 19.5 Å². The first-order valence-corrected chi connectivity index (χ1v) is 8.06. The fraction of sp³-hybridized carbons (Fsp3) is 0.588. The monoisotopic (exact) mass is 288 g/mol. The van der Waals surface area contributed by atoms with Crippen molar-refractivity contribution in [3.05, 3.63) is 24.3 Å². The number of carbonyl (C=O) groups excluding carboxylic acids is 1. The van der Waals surface area contributed by atoms with Crippen molar-refractivity contribution in [2.24, 2.45) is 5.92 Å². The summed E-state index contributed by atoms with van der Waals surface area (Å²) in [6.45, 7) is 1.93. The molecule has 0 bridgehead atoms. The van der Waals surface area contributed by atoms with E-state index in [2.05, 4.69) is 10.2 Å². The number of carbonyl (C=O) groups is 1. The first-order chi connectivity index (χ1) is 10.2. The normalized spacial score (nSPS) is 24.1. The summed E-state index contributed by atoms with van der Waals surface area (Å²) in [6, 6.07) is 7.44. The number of nitrogens with zero attached hydrogens (tertiary/aromatic N) is 1. The molecule has 4 heteroatoms. The zero-order valence-electron chi connectivity index (χ0n) is 12.4. The average Bonchev–Trinajstić information content (AvgIpc) is 2.98. The van der Waals surface area contributed by atoms with Gasteiger partial charge in [-0.1, -0.05) is 25.3 Å².